The van der Waals surface area contributed by atoms with Crippen molar-refractivity contribution in [3.63, 3.8) is 0 Å². The van der Waals surface area contributed by atoms with Gasteiger partial charge in [-0.15, -0.1) is 11.3 Å². The first kappa shape index (κ1) is 20.8. The fraction of sp³-hybridized carbons (Fsp3) is 0.476. The van der Waals surface area contributed by atoms with Gasteiger partial charge >= 0.3 is 0 Å². The molecule has 2 aliphatic carbocycles. The smallest absolute Gasteiger partial charge is 0.273 e. The lowest BCUT2D eigenvalue weighted by Gasteiger charge is -2.17. The van der Waals surface area contributed by atoms with Crippen molar-refractivity contribution >= 4 is 38.9 Å². The summed E-state index contributed by atoms with van der Waals surface area (Å²) in [6.45, 7) is 3.18. The summed E-state index contributed by atoms with van der Waals surface area (Å²) >= 11 is 7.61. The number of amides is 1. The molecule has 2 N–H and O–H groups in total. The van der Waals surface area contributed by atoms with E-state index in [9.17, 15) is 18.3 Å². The number of benzene rings is 1. The van der Waals surface area contributed by atoms with Crippen molar-refractivity contribution in [2.45, 2.75) is 68.6 Å². The lowest BCUT2D eigenvalue weighted by Crippen LogP contribution is -2.32. The van der Waals surface area contributed by atoms with Crippen molar-refractivity contribution in [3.05, 3.63) is 49.8 Å². The van der Waals surface area contributed by atoms with Crippen LogP contribution in [0.3, 0.4) is 0 Å². The Balaban J connectivity index is 1.59. The third-order valence-corrected chi connectivity index (χ3v) is 9.10. The van der Waals surface area contributed by atoms with Gasteiger partial charge in [0.2, 0.25) is 5.91 Å². The van der Waals surface area contributed by atoms with E-state index in [1.165, 1.54) is 6.07 Å². The van der Waals surface area contributed by atoms with E-state index >= 15 is 0 Å². The second-order valence-corrected chi connectivity index (χ2v) is 11.5. The van der Waals surface area contributed by atoms with Crippen LogP contribution in [-0.4, -0.2) is 19.4 Å². The molecular formula is C21H24ClNO4S2. The molecule has 2 aliphatic rings. The summed E-state index contributed by atoms with van der Waals surface area (Å²) in [6, 6.07) is 1.41. The number of halogens is 1. The fourth-order valence-corrected chi connectivity index (χ4v) is 7.13. The molecule has 0 atom stereocenters. The molecule has 156 valence electrons. The van der Waals surface area contributed by atoms with Gasteiger partial charge in [-0.3, -0.25) is 4.79 Å². The standard InChI is InChI=1S/C21H24ClNO4S2/c1-21(2,25)12-9-19(28-11-12)29(26,27)23-18(24)10-17-13-5-3-7-15(13)20(22)16-8-4-6-14(16)17/h9,11,25H,3-8,10H2,1-2H3,(H,23,24). The molecule has 0 fully saturated rings. The van der Waals surface area contributed by atoms with Crippen molar-refractivity contribution in [2.75, 3.05) is 0 Å². The maximum Gasteiger partial charge on any atom is 0.273 e. The SMILES string of the molecule is CC(C)(O)c1csc(S(=O)(=O)NC(=O)Cc2c3c(c(Cl)c4c2CCC4)CCC3)c1. The first-order valence-electron chi connectivity index (χ1n) is 9.79. The van der Waals surface area contributed by atoms with E-state index in [2.05, 4.69) is 4.72 Å². The molecule has 1 aromatic carbocycles. The number of aliphatic hydroxyl groups is 1. The number of rotatable bonds is 5. The highest BCUT2D eigenvalue weighted by Gasteiger charge is 2.30. The average molecular weight is 454 g/mol. The predicted molar refractivity (Wildman–Crippen MR) is 114 cm³/mol. The topological polar surface area (TPSA) is 83.5 Å². The molecule has 0 saturated carbocycles. The van der Waals surface area contributed by atoms with Crippen molar-refractivity contribution in [3.8, 4) is 0 Å². The molecule has 1 heterocycles. The van der Waals surface area contributed by atoms with Crippen LogP contribution in [0.15, 0.2) is 15.7 Å². The first-order chi connectivity index (χ1) is 13.6. The lowest BCUT2D eigenvalue weighted by atomic mass is 9.92. The second-order valence-electron chi connectivity index (χ2n) is 8.33. The Morgan fingerprint density at radius 3 is 2.21 bits per heavy atom. The van der Waals surface area contributed by atoms with E-state index in [0.29, 0.717) is 5.56 Å². The summed E-state index contributed by atoms with van der Waals surface area (Å²) in [7, 11) is -3.97. The molecule has 0 spiro atoms. The van der Waals surface area contributed by atoms with Gasteiger partial charge in [0.25, 0.3) is 10.0 Å². The third kappa shape index (κ3) is 3.85. The molecule has 2 aromatic rings. The molecule has 8 heteroatoms. The monoisotopic (exact) mass is 453 g/mol. The van der Waals surface area contributed by atoms with E-state index in [0.717, 1.165) is 82.7 Å². The minimum Gasteiger partial charge on any atom is -0.386 e. The number of nitrogens with one attached hydrogen (secondary N) is 1. The average Bonchev–Trinajstić information content (AvgIpc) is 3.37. The molecular weight excluding hydrogens is 430 g/mol. The highest BCUT2D eigenvalue weighted by molar-refractivity contribution is 7.92. The zero-order valence-electron chi connectivity index (χ0n) is 16.5. The number of hydrogen-bond acceptors (Lipinski definition) is 5. The predicted octanol–water partition coefficient (Wildman–Crippen LogP) is 3.65. The summed E-state index contributed by atoms with van der Waals surface area (Å²) in [5, 5.41) is 12.5. The van der Waals surface area contributed by atoms with Crippen LogP contribution in [0.25, 0.3) is 0 Å². The third-order valence-electron chi connectivity index (χ3n) is 5.83. The summed E-state index contributed by atoms with van der Waals surface area (Å²) in [5.74, 6) is -0.534. The van der Waals surface area contributed by atoms with Gasteiger partial charge in [-0.2, -0.15) is 0 Å². The van der Waals surface area contributed by atoms with Gasteiger partial charge < -0.3 is 5.11 Å². The Kier molecular flexibility index (Phi) is 5.30. The quantitative estimate of drug-likeness (QED) is 0.723. The van der Waals surface area contributed by atoms with Gasteiger partial charge in [0.1, 0.15) is 4.21 Å². The molecule has 1 aromatic heterocycles. The second kappa shape index (κ2) is 7.38. The summed E-state index contributed by atoms with van der Waals surface area (Å²) in [5.41, 5.74) is 4.91. The van der Waals surface area contributed by atoms with Crippen LogP contribution in [-0.2, 0) is 52.5 Å². The van der Waals surface area contributed by atoms with E-state index in [4.69, 9.17) is 11.6 Å². The fourth-order valence-electron chi connectivity index (χ4n) is 4.39. The van der Waals surface area contributed by atoms with Gasteiger partial charge in [0, 0.05) is 5.02 Å². The Hall–Kier alpha value is -1.41. The van der Waals surface area contributed by atoms with Gasteiger partial charge in [-0.05, 0) is 97.2 Å². The summed E-state index contributed by atoms with van der Waals surface area (Å²) < 4.78 is 27.6. The molecule has 0 bridgehead atoms. The highest BCUT2D eigenvalue weighted by atomic mass is 35.5. The molecule has 0 unspecified atom stereocenters. The van der Waals surface area contributed by atoms with Crippen LogP contribution in [0, 0.1) is 0 Å². The van der Waals surface area contributed by atoms with E-state index in [1.807, 2.05) is 0 Å². The Bertz CT molecular complexity index is 1060. The highest BCUT2D eigenvalue weighted by Crippen LogP contribution is 2.41. The van der Waals surface area contributed by atoms with Crippen molar-refractivity contribution in [1.29, 1.82) is 0 Å². The van der Waals surface area contributed by atoms with Crippen molar-refractivity contribution < 1.29 is 18.3 Å². The number of carbonyl (C=O) groups excluding carboxylic acids is 1. The summed E-state index contributed by atoms with van der Waals surface area (Å²) in [6.07, 6.45) is 5.69. The van der Waals surface area contributed by atoms with Gasteiger partial charge in [0.05, 0.1) is 12.0 Å². The lowest BCUT2D eigenvalue weighted by molar-refractivity contribution is -0.118. The molecule has 4 rings (SSSR count). The number of hydrogen-bond donors (Lipinski definition) is 2. The van der Waals surface area contributed by atoms with Crippen molar-refractivity contribution in [2.24, 2.45) is 0 Å². The minimum atomic E-state index is -3.97. The number of carbonyl (C=O) groups is 1. The molecule has 29 heavy (non-hydrogen) atoms. The molecule has 1 amide bonds. The van der Waals surface area contributed by atoms with Crippen LogP contribution in [0.5, 0.6) is 0 Å². The van der Waals surface area contributed by atoms with Crippen LogP contribution < -0.4 is 4.72 Å². The van der Waals surface area contributed by atoms with E-state index < -0.39 is 21.5 Å². The zero-order valence-corrected chi connectivity index (χ0v) is 18.9. The van der Waals surface area contributed by atoms with Crippen LogP contribution in [0.1, 0.15) is 60.1 Å². The molecule has 0 radical (unpaired) electrons. The van der Waals surface area contributed by atoms with Gasteiger partial charge in [-0.1, -0.05) is 11.6 Å². The normalized spacial score (nSPS) is 16.0. The van der Waals surface area contributed by atoms with Crippen LogP contribution in [0.2, 0.25) is 5.02 Å². The number of sulfonamides is 1. The van der Waals surface area contributed by atoms with E-state index in [1.54, 1.807) is 19.2 Å². The Morgan fingerprint density at radius 2 is 1.69 bits per heavy atom. The Labute approximate surface area is 180 Å². The maximum absolute atomic E-state index is 12.7. The summed E-state index contributed by atoms with van der Waals surface area (Å²) in [4.78, 5) is 12.7. The maximum atomic E-state index is 12.7. The number of fused-ring (bicyclic) bond motifs is 2. The largest absolute Gasteiger partial charge is 0.386 e. The van der Waals surface area contributed by atoms with Crippen LogP contribution in [0.4, 0.5) is 0 Å². The van der Waals surface area contributed by atoms with Gasteiger partial charge in [0.15, 0.2) is 0 Å². The van der Waals surface area contributed by atoms with E-state index in [-0.39, 0.29) is 10.6 Å². The molecule has 0 aliphatic heterocycles. The molecule has 5 nitrogen and oxygen atoms in total. The minimum absolute atomic E-state index is 0.0227. The first-order valence-corrected chi connectivity index (χ1v) is 12.5. The number of thiophene rings is 1. The Morgan fingerprint density at radius 1 is 1.14 bits per heavy atom. The molecule has 0 saturated heterocycles. The van der Waals surface area contributed by atoms with Crippen molar-refractivity contribution in [1.82, 2.24) is 4.72 Å². The van der Waals surface area contributed by atoms with Gasteiger partial charge in [-0.25, -0.2) is 13.1 Å². The zero-order chi connectivity index (χ0) is 21.0. The van der Waals surface area contributed by atoms with Crippen LogP contribution >= 0.6 is 22.9 Å².